The van der Waals surface area contributed by atoms with E-state index in [1.54, 1.807) is 39.8 Å². The van der Waals surface area contributed by atoms with Crippen LogP contribution in [-0.4, -0.2) is 40.3 Å². The normalized spacial score (nSPS) is 12.4. The number of nitrogens with zero attached hydrogens (tertiary/aromatic N) is 1. The number of benzene rings is 2. The molecule has 0 spiro atoms. The number of sulfonamides is 2. The molecule has 29 heavy (non-hydrogen) atoms. The molecule has 0 saturated heterocycles. The minimum Gasteiger partial charge on any atom is -0.489 e. The fourth-order valence-corrected chi connectivity index (χ4v) is 5.29. The topological polar surface area (TPSA) is 92.8 Å². The number of hydrogen-bond donors (Lipinski definition) is 1. The van der Waals surface area contributed by atoms with Gasteiger partial charge in [0.25, 0.3) is 10.0 Å². The van der Waals surface area contributed by atoms with Gasteiger partial charge in [0.05, 0.1) is 21.6 Å². The maximum atomic E-state index is 12.9. The highest BCUT2D eigenvalue weighted by molar-refractivity contribution is 7.92. The molecule has 0 aromatic heterocycles. The van der Waals surface area contributed by atoms with E-state index in [2.05, 4.69) is 4.72 Å². The second-order valence-corrected chi connectivity index (χ2v) is 10.5. The molecular weight excluding hydrogens is 412 g/mol. The number of hydrogen-bond acceptors (Lipinski definition) is 5. The molecule has 0 aliphatic rings. The summed E-state index contributed by atoms with van der Waals surface area (Å²) in [5, 5.41) is 0. The van der Waals surface area contributed by atoms with E-state index < -0.39 is 20.0 Å². The highest BCUT2D eigenvalue weighted by Crippen LogP contribution is 2.32. The third-order valence-electron chi connectivity index (χ3n) is 4.23. The van der Waals surface area contributed by atoms with Gasteiger partial charge in [-0.1, -0.05) is 31.5 Å². The van der Waals surface area contributed by atoms with Gasteiger partial charge in [-0.15, -0.1) is 0 Å². The average molecular weight is 441 g/mol. The van der Waals surface area contributed by atoms with Crippen molar-refractivity contribution in [2.75, 3.05) is 17.8 Å². The van der Waals surface area contributed by atoms with Crippen molar-refractivity contribution < 1.29 is 21.6 Å². The van der Waals surface area contributed by atoms with Crippen LogP contribution in [-0.2, 0) is 20.0 Å². The van der Waals surface area contributed by atoms with Gasteiger partial charge in [-0.25, -0.2) is 16.8 Å². The van der Waals surface area contributed by atoms with Gasteiger partial charge in [-0.2, -0.15) is 4.31 Å². The molecule has 7 nitrogen and oxygen atoms in total. The Morgan fingerprint density at radius 2 is 1.48 bits per heavy atom. The van der Waals surface area contributed by atoms with Gasteiger partial charge in [0, 0.05) is 13.1 Å². The van der Waals surface area contributed by atoms with Crippen LogP contribution in [0.4, 0.5) is 5.69 Å². The van der Waals surface area contributed by atoms with Crippen molar-refractivity contribution in [3.63, 3.8) is 0 Å². The standard InChI is InChI=1S/C20H28N2O5S2/c1-6-22(7-2)29(25,26)18-12-13-20(27-15(3)4)19(14-18)21-28(23,24)17-10-8-16(5)9-11-17/h8-15,21H,6-7H2,1-5H3. The summed E-state index contributed by atoms with van der Waals surface area (Å²) in [5.41, 5.74) is 1.01. The van der Waals surface area contributed by atoms with E-state index in [0.717, 1.165) is 5.56 Å². The first-order chi connectivity index (χ1) is 13.5. The van der Waals surface area contributed by atoms with Crippen molar-refractivity contribution >= 4 is 25.7 Å². The van der Waals surface area contributed by atoms with Gasteiger partial charge >= 0.3 is 0 Å². The van der Waals surface area contributed by atoms with Gasteiger partial charge in [0.2, 0.25) is 10.0 Å². The molecular formula is C20H28N2O5S2. The molecule has 0 heterocycles. The summed E-state index contributed by atoms with van der Waals surface area (Å²) in [7, 11) is -7.67. The van der Waals surface area contributed by atoms with Crippen LogP contribution < -0.4 is 9.46 Å². The van der Waals surface area contributed by atoms with Crippen LogP contribution in [0.15, 0.2) is 52.3 Å². The van der Waals surface area contributed by atoms with Gasteiger partial charge in [-0.05, 0) is 51.1 Å². The van der Waals surface area contributed by atoms with E-state index in [4.69, 9.17) is 4.74 Å². The van der Waals surface area contributed by atoms with E-state index in [1.807, 2.05) is 6.92 Å². The van der Waals surface area contributed by atoms with Crippen molar-refractivity contribution in [1.29, 1.82) is 0 Å². The van der Waals surface area contributed by atoms with Crippen molar-refractivity contribution in [2.24, 2.45) is 0 Å². The lowest BCUT2D eigenvalue weighted by molar-refractivity contribution is 0.243. The lowest BCUT2D eigenvalue weighted by atomic mass is 10.2. The summed E-state index contributed by atoms with van der Waals surface area (Å²) in [5.74, 6) is 0.259. The first kappa shape index (κ1) is 23.2. The van der Waals surface area contributed by atoms with Crippen LogP contribution in [0, 0.1) is 6.92 Å². The molecule has 0 bridgehead atoms. The summed E-state index contributed by atoms with van der Waals surface area (Å²) in [6.07, 6.45) is -0.220. The molecule has 2 aromatic rings. The van der Waals surface area contributed by atoms with Crippen LogP contribution >= 0.6 is 0 Å². The van der Waals surface area contributed by atoms with Crippen molar-refractivity contribution in [1.82, 2.24) is 4.31 Å². The maximum absolute atomic E-state index is 12.9. The molecule has 9 heteroatoms. The van der Waals surface area contributed by atoms with Gasteiger partial charge in [0.1, 0.15) is 5.75 Å². The zero-order valence-corrected chi connectivity index (χ0v) is 19.0. The Kier molecular flexibility index (Phi) is 7.31. The molecule has 0 fully saturated rings. The SMILES string of the molecule is CCN(CC)S(=O)(=O)c1ccc(OC(C)C)c(NS(=O)(=O)c2ccc(C)cc2)c1. The highest BCUT2D eigenvalue weighted by atomic mass is 32.2. The smallest absolute Gasteiger partial charge is 0.262 e. The quantitative estimate of drug-likeness (QED) is 0.643. The molecule has 0 aliphatic carbocycles. The summed E-state index contributed by atoms with van der Waals surface area (Å²) in [4.78, 5) is 0.0783. The Labute approximate surface area is 173 Å². The van der Waals surface area contributed by atoms with Gasteiger partial charge in [-0.3, -0.25) is 4.72 Å². The third kappa shape index (κ3) is 5.49. The predicted molar refractivity (Wildman–Crippen MR) is 114 cm³/mol. The molecule has 0 saturated carbocycles. The minimum absolute atomic E-state index is 0.00101. The Morgan fingerprint density at radius 1 is 0.931 bits per heavy atom. The molecule has 160 valence electrons. The van der Waals surface area contributed by atoms with E-state index in [0.29, 0.717) is 13.1 Å². The predicted octanol–water partition coefficient (Wildman–Crippen LogP) is 3.61. The lowest BCUT2D eigenvalue weighted by Gasteiger charge is -2.21. The molecule has 2 rings (SSSR count). The van der Waals surface area contributed by atoms with Crippen LogP contribution in [0.2, 0.25) is 0 Å². The molecule has 0 unspecified atom stereocenters. The molecule has 0 radical (unpaired) electrons. The molecule has 0 atom stereocenters. The number of aryl methyl sites for hydroxylation is 1. The first-order valence-corrected chi connectivity index (χ1v) is 12.3. The van der Waals surface area contributed by atoms with Crippen molar-refractivity contribution in [3.05, 3.63) is 48.0 Å². The second-order valence-electron chi connectivity index (χ2n) is 6.83. The summed E-state index contributed by atoms with van der Waals surface area (Å²) >= 11 is 0. The zero-order valence-electron chi connectivity index (χ0n) is 17.3. The summed E-state index contributed by atoms with van der Waals surface area (Å²) < 4.78 is 60.9. The van der Waals surface area contributed by atoms with E-state index in [1.165, 1.54) is 34.6 Å². The van der Waals surface area contributed by atoms with Gasteiger partial charge in [0.15, 0.2) is 0 Å². The van der Waals surface area contributed by atoms with Crippen LogP contribution in [0.1, 0.15) is 33.3 Å². The first-order valence-electron chi connectivity index (χ1n) is 9.41. The Hall–Kier alpha value is -2.10. The van der Waals surface area contributed by atoms with E-state index >= 15 is 0 Å². The average Bonchev–Trinajstić information content (AvgIpc) is 2.63. The second kappa shape index (κ2) is 9.15. The number of ether oxygens (including phenoxy) is 1. The number of rotatable bonds is 9. The molecule has 0 aliphatic heterocycles. The van der Waals surface area contributed by atoms with Crippen molar-refractivity contribution in [2.45, 2.75) is 50.5 Å². The van der Waals surface area contributed by atoms with Crippen LogP contribution in [0.5, 0.6) is 5.75 Å². The zero-order chi connectivity index (χ0) is 21.8. The largest absolute Gasteiger partial charge is 0.489 e. The third-order valence-corrected chi connectivity index (χ3v) is 7.66. The number of nitrogens with one attached hydrogen (secondary N) is 1. The van der Waals surface area contributed by atoms with Crippen LogP contribution in [0.25, 0.3) is 0 Å². The van der Waals surface area contributed by atoms with Crippen molar-refractivity contribution in [3.8, 4) is 5.75 Å². The Balaban J connectivity index is 2.53. The Bertz CT molecular complexity index is 1040. The molecule has 2 aromatic carbocycles. The monoisotopic (exact) mass is 440 g/mol. The number of anilines is 1. The van der Waals surface area contributed by atoms with E-state index in [9.17, 15) is 16.8 Å². The molecule has 1 N–H and O–H groups in total. The van der Waals surface area contributed by atoms with Gasteiger partial charge < -0.3 is 4.74 Å². The maximum Gasteiger partial charge on any atom is 0.262 e. The Morgan fingerprint density at radius 3 is 2.00 bits per heavy atom. The fraction of sp³-hybridized carbons (Fsp3) is 0.400. The highest BCUT2D eigenvalue weighted by Gasteiger charge is 2.25. The fourth-order valence-electron chi connectivity index (χ4n) is 2.74. The molecule has 0 amide bonds. The minimum atomic E-state index is -3.92. The van der Waals surface area contributed by atoms with Crippen LogP contribution in [0.3, 0.4) is 0 Å². The lowest BCUT2D eigenvalue weighted by Crippen LogP contribution is -2.30. The summed E-state index contributed by atoms with van der Waals surface area (Å²) in [6, 6.07) is 10.6. The summed E-state index contributed by atoms with van der Waals surface area (Å²) in [6.45, 7) is 9.59. The van der Waals surface area contributed by atoms with E-state index in [-0.39, 0.29) is 27.3 Å².